The Bertz CT molecular complexity index is 477. The van der Waals surface area contributed by atoms with Gasteiger partial charge in [0.15, 0.2) is 0 Å². The molecule has 4 atom stereocenters. The third-order valence-corrected chi connectivity index (χ3v) is 4.66. The molecule has 1 aromatic carbocycles. The molecule has 0 aliphatic carbocycles. The van der Waals surface area contributed by atoms with E-state index < -0.39 is 0 Å². The van der Waals surface area contributed by atoms with Crippen molar-refractivity contribution in [3.05, 3.63) is 23.8 Å². The highest BCUT2D eigenvalue weighted by Gasteiger charge is 2.45. The van der Waals surface area contributed by atoms with Crippen LogP contribution in [0.3, 0.4) is 0 Å². The lowest BCUT2D eigenvalue weighted by Crippen LogP contribution is -2.32. The van der Waals surface area contributed by atoms with Crippen LogP contribution in [0, 0.1) is 5.92 Å². The van der Waals surface area contributed by atoms with Gasteiger partial charge in [0, 0.05) is 17.5 Å². The fourth-order valence-electron chi connectivity index (χ4n) is 3.71. The summed E-state index contributed by atoms with van der Waals surface area (Å²) >= 11 is 0. The summed E-state index contributed by atoms with van der Waals surface area (Å²) in [6.45, 7) is 0. The Morgan fingerprint density at radius 2 is 2.10 bits per heavy atom. The lowest BCUT2D eigenvalue weighted by Gasteiger charge is -2.29. The molecule has 4 unspecified atom stereocenters. The summed E-state index contributed by atoms with van der Waals surface area (Å²) in [5.41, 5.74) is 1.16. The third-order valence-electron chi connectivity index (χ3n) is 4.66. The Morgan fingerprint density at radius 3 is 2.65 bits per heavy atom. The zero-order valence-corrected chi connectivity index (χ0v) is 12.4. The second kappa shape index (κ2) is 5.62. The Kier molecular flexibility index (Phi) is 3.85. The molecule has 3 rings (SSSR count). The first-order valence-electron chi connectivity index (χ1n) is 7.31. The van der Waals surface area contributed by atoms with Gasteiger partial charge in [0.2, 0.25) is 0 Å². The molecular weight excluding hydrogens is 254 g/mol. The molecule has 0 spiro atoms. The molecule has 2 fully saturated rings. The molecular formula is C16H23NO3. The van der Waals surface area contributed by atoms with Gasteiger partial charge in [-0.05, 0) is 44.5 Å². The predicted octanol–water partition coefficient (Wildman–Crippen LogP) is 2.53. The van der Waals surface area contributed by atoms with E-state index in [4.69, 9.17) is 14.2 Å². The minimum atomic E-state index is 0.246. The van der Waals surface area contributed by atoms with Crippen LogP contribution in [0.15, 0.2) is 18.2 Å². The molecule has 0 radical (unpaired) electrons. The summed E-state index contributed by atoms with van der Waals surface area (Å²) < 4.78 is 16.9. The molecule has 2 aliphatic heterocycles. The van der Waals surface area contributed by atoms with E-state index in [1.807, 2.05) is 19.2 Å². The highest BCUT2D eigenvalue weighted by molar-refractivity contribution is 5.42. The van der Waals surface area contributed by atoms with Gasteiger partial charge < -0.3 is 19.5 Å². The Morgan fingerprint density at radius 1 is 1.25 bits per heavy atom. The highest BCUT2D eigenvalue weighted by Crippen LogP contribution is 2.46. The summed E-state index contributed by atoms with van der Waals surface area (Å²) in [7, 11) is 5.42. The average molecular weight is 277 g/mol. The van der Waals surface area contributed by atoms with Crippen molar-refractivity contribution in [1.82, 2.24) is 5.32 Å². The van der Waals surface area contributed by atoms with E-state index in [0.717, 1.165) is 23.5 Å². The molecule has 2 aliphatic rings. The Labute approximate surface area is 120 Å². The molecule has 4 heteroatoms. The smallest absolute Gasteiger partial charge is 0.123 e. The van der Waals surface area contributed by atoms with E-state index in [1.54, 1.807) is 14.2 Å². The van der Waals surface area contributed by atoms with Crippen LogP contribution in [0.1, 0.15) is 30.9 Å². The van der Waals surface area contributed by atoms with Gasteiger partial charge in [-0.1, -0.05) is 0 Å². The van der Waals surface area contributed by atoms with Crippen LogP contribution in [0.2, 0.25) is 0 Å². The molecule has 2 heterocycles. The molecule has 0 amide bonds. The molecule has 1 N–H and O–H groups in total. The van der Waals surface area contributed by atoms with E-state index >= 15 is 0 Å². The van der Waals surface area contributed by atoms with Crippen LogP contribution in [-0.4, -0.2) is 33.5 Å². The maximum Gasteiger partial charge on any atom is 0.123 e. The van der Waals surface area contributed by atoms with Gasteiger partial charge in [0.05, 0.1) is 26.4 Å². The van der Waals surface area contributed by atoms with Crippen molar-refractivity contribution in [2.24, 2.45) is 5.92 Å². The molecule has 2 saturated heterocycles. The first-order chi connectivity index (χ1) is 9.76. The van der Waals surface area contributed by atoms with Crippen molar-refractivity contribution in [2.75, 3.05) is 21.3 Å². The molecule has 1 aromatic rings. The van der Waals surface area contributed by atoms with Gasteiger partial charge in [-0.15, -0.1) is 0 Å². The summed E-state index contributed by atoms with van der Waals surface area (Å²) in [4.78, 5) is 0. The number of ether oxygens (including phenoxy) is 3. The van der Waals surface area contributed by atoms with Gasteiger partial charge >= 0.3 is 0 Å². The van der Waals surface area contributed by atoms with Crippen LogP contribution in [0.25, 0.3) is 0 Å². The van der Waals surface area contributed by atoms with Gasteiger partial charge in [-0.3, -0.25) is 0 Å². The standard InChI is InChI=1S/C16H23NO3/c1-17-16(13-9-11-5-7-15(13)20-11)12-8-10(18-2)4-6-14(12)19-3/h4,6,8,11,13,15-17H,5,7,9H2,1-3H3. The molecule has 110 valence electrons. The Hall–Kier alpha value is -1.26. The van der Waals surface area contributed by atoms with Crippen LogP contribution in [0.5, 0.6) is 11.5 Å². The maximum atomic E-state index is 6.01. The first-order valence-corrected chi connectivity index (χ1v) is 7.31. The topological polar surface area (TPSA) is 39.7 Å². The van der Waals surface area contributed by atoms with Gasteiger partial charge in [0.25, 0.3) is 0 Å². The number of nitrogens with one attached hydrogen (secondary N) is 1. The van der Waals surface area contributed by atoms with E-state index in [2.05, 4.69) is 11.4 Å². The number of fused-ring (bicyclic) bond motifs is 2. The first kappa shape index (κ1) is 13.7. The SMILES string of the molecule is CNC(c1cc(OC)ccc1OC)C1CC2CCC1O2. The Balaban J connectivity index is 1.92. The molecule has 4 nitrogen and oxygen atoms in total. The number of hydrogen-bond donors (Lipinski definition) is 1. The van der Waals surface area contributed by atoms with Gasteiger partial charge in [0.1, 0.15) is 11.5 Å². The maximum absolute atomic E-state index is 6.01. The van der Waals surface area contributed by atoms with E-state index in [9.17, 15) is 0 Å². The minimum absolute atomic E-state index is 0.246. The van der Waals surface area contributed by atoms with Crippen molar-refractivity contribution >= 4 is 0 Å². The molecule has 2 bridgehead atoms. The number of methoxy groups -OCH3 is 2. The van der Waals surface area contributed by atoms with Crippen LogP contribution >= 0.6 is 0 Å². The summed E-state index contributed by atoms with van der Waals surface area (Å²) in [5, 5.41) is 3.46. The van der Waals surface area contributed by atoms with Crippen LogP contribution in [0.4, 0.5) is 0 Å². The zero-order chi connectivity index (χ0) is 14.1. The monoisotopic (exact) mass is 277 g/mol. The molecule has 20 heavy (non-hydrogen) atoms. The minimum Gasteiger partial charge on any atom is -0.497 e. The summed E-state index contributed by atoms with van der Waals surface area (Å²) in [6.07, 6.45) is 4.37. The second-order valence-electron chi connectivity index (χ2n) is 5.65. The largest absolute Gasteiger partial charge is 0.497 e. The van der Waals surface area contributed by atoms with E-state index in [-0.39, 0.29) is 6.04 Å². The van der Waals surface area contributed by atoms with Crippen molar-refractivity contribution in [3.63, 3.8) is 0 Å². The van der Waals surface area contributed by atoms with Crippen molar-refractivity contribution in [3.8, 4) is 11.5 Å². The third kappa shape index (κ3) is 2.27. The summed E-state index contributed by atoms with van der Waals surface area (Å²) in [6, 6.07) is 6.24. The van der Waals surface area contributed by atoms with E-state index in [0.29, 0.717) is 18.1 Å². The zero-order valence-electron chi connectivity index (χ0n) is 12.4. The fourth-order valence-corrected chi connectivity index (χ4v) is 3.71. The lowest BCUT2D eigenvalue weighted by atomic mass is 9.81. The van der Waals surface area contributed by atoms with Crippen molar-refractivity contribution in [1.29, 1.82) is 0 Å². The second-order valence-corrected chi connectivity index (χ2v) is 5.65. The quantitative estimate of drug-likeness (QED) is 0.898. The highest BCUT2D eigenvalue weighted by atomic mass is 16.5. The summed E-state index contributed by atoms with van der Waals surface area (Å²) in [5.74, 6) is 2.29. The lowest BCUT2D eigenvalue weighted by molar-refractivity contribution is 0.0861. The molecule has 0 aromatic heterocycles. The number of benzene rings is 1. The van der Waals surface area contributed by atoms with E-state index in [1.165, 1.54) is 12.8 Å². The van der Waals surface area contributed by atoms with Crippen molar-refractivity contribution in [2.45, 2.75) is 37.5 Å². The predicted molar refractivity (Wildman–Crippen MR) is 77.3 cm³/mol. The van der Waals surface area contributed by atoms with Crippen LogP contribution < -0.4 is 14.8 Å². The van der Waals surface area contributed by atoms with Crippen molar-refractivity contribution < 1.29 is 14.2 Å². The molecule has 0 saturated carbocycles. The number of hydrogen-bond acceptors (Lipinski definition) is 4. The normalized spacial score (nSPS) is 29.4. The number of rotatable bonds is 5. The van der Waals surface area contributed by atoms with Gasteiger partial charge in [-0.25, -0.2) is 0 Å². The average Bonchev–Trinajstić information content (AvgIpc) is 3.11. The van der Waals surface area contributed by atoms with Crippen LogP contribution in [-0.2, 0) is 4.74 Å². The fraction of sp³-hybridized carbons (Fsp3) is 0.625. The van der Waals surface area contributed by atoms with Gasteiger partial charge in [-0.2, -0.15) is 0 Å².